The van der Waals surface area contributed by atoms with E-state index in [0.29, 0.717) is 16.6 Å². The average Bonchev–Trinajstić information content (AvgIpc) is 2.85. The maximum absolute atomic E-state index is 6.35. The highest BCUT2D eigenvalue weighted by molar-refractivity contribution is 6.40. The van der Waals surface area contributed by atoms with Crippen LogP contribution in [0.25, 0.3) is 22.2 Å². The van der Waals surface area contributed by atoms with Crippen LogP contribution in [0.5, 0.6) is 0 Å². The zero-order valence-corrected chi connectivity index (χ0v) is 12.3. The molecule has 3 rings (SSSR count). The molecule has 0 aliphatic rings. The number of hydrogen-bond acceptors (Lipinski definition) is 1. The number of nitrogens with one attached hydrogen (secondary N) is 1. The van der Waals surface area contributed by atoms with Gasteiger partial charge in [-0.2, -0.15) is 0 Å². The highest BCUT2D eigenvalue weighted by Gasteiger charge is 2.16. The second-order valence-electron chi connectivity index (χ2n) is 4.66. The molecule has 0 fully saturated rings. The van der Waals surface area contributed by atoms with Crippen LogP contribution in [0.3, 0.4) is 0 Å². The Morgan fingerprint density at radius 2 is 1.65 bits per heavy atom. The molecule has 2 aromatic carbocycles. The number of halogens is 2. The first kappa shape index (κ1) is 13.5. The van der Waals surface area contributed by atoms with Gasteiger partial charge in [0.1, 0.15) is 0 Å². The molecule has 0 saturated heterocycles. The van der Waals surface area contributed by atoms with Gasteiger partial charge in [-0.05, 0) is 36.2 Å². The number of benzene rings is 2. The Hall–Kier alpha value is -1.48. The Kier molecular flexibility index (Phi) is 3.70. The van der Waals surface area contributed by atoms with Crippen molar-refractivity contribution in [2.75, 3.05) is 6.54 Å². The van der Waals surface area contributed by atoms with Crippen LogP contribution in [0, 0.1) is 0 Å². The molecule has 0 aliphatic carbocycles. The van der Waals surface area contributed by atoms with Gasteiger partial charge in [-0.3, -0.25) is 0 Å². The van der Waals surface area contributed by atoms with Gasteiger partial charge >= 0.3 is 0 Å². The first-order valence-corrected chi connectivity index (χ1v) is 7.22. The molecule has 3 aromatic rings. The van der Waals surface area contributed by atoms with E-state index in [9.17, 15) is 0 Å². The van der Waals surface area contributed by atoms with Crippen LogP contribution in [0.15, 0.2) is 42.5 Å². The van der Waals surface area contributed by atoms with Crippen LogP contribution in [0.1, 0.15) is 5.56 Å². The number of rotatable bonds is 3. The van der Waals surface area contributed by atoms with Crippen molar-refractivity contribution in [3.05, 3.63) is 58.1 Å². The minimum Gasteiger partial charge on any atom is -0.353 e. The van der Waals surface area contributed by atoms with Crippen molar-refractivity contribution in [3.8, 4) is 11.3 Å². The highest BCUT2D eigenvalue weighted by Crippen LogP contribution is 2.37. The van der Waals surface area contributed by atoms with Gasteiger partial charge < -0.3 is 10.7 Å². The Morgan fingerprint density at radius 1 is 0.950 bits per heavy atom. The molecule has 0 atom stereocenters. The summed E-state index contributed by atoms with van der Waals surface area (Å²) >= 11 is 12.6. The zero-order valence-electron chi connectivity index (χ0n) is 10.8. The predicted octanol–water partition coefficient (Wildman–Crippen LogP) is 4.64. The summed E-state index contributed by atoms with van der Waals surface area (Å²) in [5.74, 6) is 0. The molecule has 0 radical (unpaired) electrons. The Morgan fingerprint density at radius 3 is 2.35 bits per heavy atom. The van der Waals surface area contributed by atoms with Crippen molar-refractivity contribution in [2.45, 2.75) is 6.42 Å². The highest BCUT2D eigenvalue weighted by atomic mass is 35.5. The number of nitrogens with two attached hydrogens (primary N) is 1. The summed E-state index contributed by atoms with van der Waals surface area (Å²) in [6.45, 7) is 0.565. The molecule has 0 unspecified atom stereocenters. The number of aromatic amines is 1. The van der Waals surface area contributed by atoms with E-state index in [2.05, 4.69) is 17.1 Å². The van der Waals surface area contributed by atoms with Crippen LogP contribution in [-0.4, -0.2) is 11.5 Å². The smallest absolute Gasteiger partial charge is 0.0666 e. The Balaban J connectivity index is 2.35. The van der Waals surface area contributed by atoms with Crippen LogP contribution in [0.4, 0.5) is 0 Å². The van der Waals surface area contributed by atoms with E-state index < -0.39 is 0 Å². The third kappa shape index (κ3) is 2.20. The van der Waals surface area contributed by atoms with E-state index in [4.69, 9.17) is 28.9 Å². The number of fused-ring (bicyclic) bond motifs is 1. The lowest BCUT2D eigenvalue weighted by Crippen LogP contribution is -2.03. The van der Waals surface area contributed by atoms with Gasteiger partial charge in [0.2, 0.25) is 0 Å². The lowest BCUT2D eigenvalue weighted by atomic mass is 10.0. The van der Waals surface area contributed by atoms with Crippen LogP contribution in [-0.2, 0) is 6.42 Å². The molecule has 3 N–H and O–H groups in total. The predicted molar refractivity (Wildman–Crippen MR) is 86.5 cm³/mol. The lowest BCUT2D eigenvalue weighted by molar-refractivity contribution is 0.978. The van der Waals surface area contributed by atoms with Crippen LogP contribution >= 0.6 is 23.2 Å². The van der Waals surface area contributed by atoms with Gasteiger partial charge in [-0.15, -0.1) is 0 Å². The second-order valence-corrected chi connectivity index (χ2v) is 5.48. The first-order valence-electron chi connectivity index (χ1n) is 6.46. The molecule has 0 spiro atoms. The van der Waals surface area contributed by atoms with Gasteiger partial charge in [0.05, 0.1) is 15.6 Å². The van der Waals surface area contributed by atoms with Crippen molar-refractivity contribution in [2.24, 2.45) is 5.73 Å². The number of hydrogen-bond donors (Lipinski definition) is 2. The standard InChI is InChI=1S/C16H14Cl2N2/c17-12-6-7-13(18)16-14(12)11(8-9-19)15(20-16)10-4-2-1-3-5-10/h1-7,20H,8-9,19H2. The minimum atomic E-state index is 0.565. The van der Waals surface area contributed by atoms with Crippen molar-refractivity contribution in [1.29, 1.82) is 0 Å². The summed E-state index contributed by atoms with van der Waals surface area (Å²) in [6.07, 6.45) is 0.754. The molecule has 20 heavy (non-hydrogen) atoms. The summed E-state index contributed by atoms with van der Waals surface area (Å²) in [5, 5.41) is 2.35. The zero-order chi connectivity index (χ0) is 14.1. The molecule has 0 aliphatic heterocycles. The fraction of sp³-hybridized carbons (Fsp3) is 0.125. The van der Waals surface area contributed by atoms with E-state index >= 15 is 0 Å². The average molecular weight is 305 g/mol. The summed E-state index contributed by atoms with van der Waals surface area (Å²) < 4.78 is 0. The molecule has 0 amide bonds. The molecule has 102 valence electrons. The maximum Gasteiger partial charge on any atom is 0.0666 e. The largest absolute Gasteiger partial charge is 0.353 e. The Labute approximate surface area is 127 Å². The van der Waals surface area contributed by atoms with Crippen LogP contribution in [0.2, 0.25) is 10.0 Å². The van der Waals surface area contributed by atoms with Crippen molar-refractivity contribution >= 4 is 34.1 Å². The Bertz CT molecular complexity index is 748. The number of H-pyrrole nitrogens is 1. The molecule has 1 heterocycles. The van der Waals surface area contributed by atoms with E-state index in [1.807, 2.05) is 30.3 Å². The normalized spacial score (nSPS) is 11.2. The maximum atomic E-state index is 6.35. The van der Waals surface area contributed by atoms with Crippen molar-refractivity contribution in [3.63, 3.8) is 0 Å². The van der Waals surface area contributed by atoms with Gasteiger partial charge in [0, 0.05) is 11.1 Å². The molecular weight excluding hydrogens is 291 g/mol. The monoisotopic (exact) mass is 304 g/mol. The van der Waals surface area contributed by atoms with Gasteiger partial charge in [-0.1, -0.05) is 53.5 Å². The van der Waals surface area contributed by atoms with Gasteiger partial charge in [-0.25, -0.2) is 0 Å². The summed E-state index contributed by atoms with van der Waals surface area (Å²) in [6, 6.07) is 13.8. The molecule has 1 aromatic heterocycles. The van der Waals surface area contributed by atoms with Gasteiger partial charge in [0.15, 0.2) is 0 Å². The fourth-order valence-corrected chi connectivity index (χ4v) is 3.02. The lowest BCUT2D eigenvalue weighted by Gasteiger charge is -2.04. The summed E-state index contributed by atoms with van der Waals surface area (Å²) in [7, 11) is 0. The molecule has 0 bridgehead atoms. The number of aromatic nitrogens is 1. The molecule has 2 nitrogen and oxygen atoms in total. The molecular formula is C16H14Cl2N2. The van der Waals surface area contributed by atoms with Crippen LogP contribution < -0.4 is 5.73 Å². The minimum absolute atomic E-state index is 0.565. The quantitative estimate of drug-likeness (QED) is 0.727. The van der Waals surface area contributed by atoms with E-state index in [-0.39, 0.29) is 0 Å². The second kappa shape index (κ2) is 5.49. The fourth-order valence-electron chi connectivity index (χ4n) is 2.54. The van der Waals surface area contributed by atoms with E-state index in [1.54, 1.807) is 0 Å². The third-order valence-corrected chi connectivity index (χ3v) is 4.04. The summed E-state index contributed by atoms with van der Waals surface area (Å²) in [5.41, 5.74) is 9.91. The topological polar surface area (TPSA) is 41.8 Å². The molecule has 4 heteroatoms. The SMILES string of the molecule is NCCc1c(-c2ccccc2)[nH]c2c(Cl)ccc(Cl)c12. The third-order valence-electron chi connectivity index (χ3n) is 3.41. The van der Waals surface area contributed by atoms with E-state index in [0.717, 1.165) is 34.1 Å². The first-order chi connectivity index (χ1) is 9.72. The van der Waals surface area contributed by atoms with Crippen molar-refractivity contribution < 1.29 is 0 Å². The molecule has 0 saturated carbocycles. The van der Waals surface area contributed by atoms with Crippen molar-refractivity contribution in [1.82, 2.24) is 4.98 Å². The van der Waals surface area contributed by atoms with E-state index in [1.165, 1.54) is 0 Å². The van der Waals surface area contributed by atoms with Gasteiger partial charge in [0.25, 0.3) is 0 Å². The summed E-state index contributed by atoms with van der Waals surface area (Å²) in [4.78, 5) is 3.40.